The van der Waals surface area contributed by atoms with Crippen LogP contribution in [0.2, 0.25) is 0 Å². The first-order valence-corrected chi connectivity index (χ1v) is 3.61. The number of nitrogens with one attached hydrogen (secondary N) is 2. The van der Waals surface area contributed by atoms with E-state index in [0.717, 1.165) is 0 Å². The lowest BCUT2D eigenvalue weighted by Gasteiger charge is -2.14. The van der Waals surface area contributed by atoms with Gasteiger partial charge in [-0.15, -0.1) is 0 Å². The van der Waals surface area contributed by atoms with Gasteiger partial charge in [0.25, 0.3) is 0 Å². The monoisotopic (exact) mass is 174 g/mol. The van der Waals surface area contributed by atoms with Crippen LogP contribution >= 0.6 is 0 Å². The van der Waals surface area contributed by atoms with E-state index in [1.54, 1.807) is 0 Å². The van der Waals surface area contributed by atoms with E-state index in [-0.39, 0.29) is 11.9 Å². The van der Waals surface area contributed by atoms with Crippen LogP contribution in [0.4, 0.5) is 4.79 Å². The van der Waals surface area contributed by atoms with E-state index in [0.29, 0.717) is 6.42 Å². The Morgan fingerprint density at radius 1 is 1.75 bits per heavy atom. The Morgan fingerprint density at radius 2 is 2.33 bits per heavy atom. The highest BCUT2D eigenvalue weighted by Gasteiger charge is 2.12. The van der Waals surface area contributed by atoms with Crippen LogP contribution in [0, 0.1) is 0 Å². The van der Waals surface area contributed by atoms with Gasteiger partial charge in [0.1, 0.15) is 0 Å². The average molecular weight is 174 g/mol. The van der Waals surface area contributed by atoms with Crippen LogP contribution in [-0.2, 0) is 0 Å². The largest absolute Gasteiger partial charge is 0.409 e. The van der Waals surface area contributed by atoms with Gasteiger partial charge < -0.3 is 21.6 Å². The topological polar surface area (TPSA) is 99.7 Å². The molecule has 0 heterocycles. The number of carbonyl (C=O) groups is 1. The van der Waals surface area contributed by atoms with Crippen LogP contribution in [0.5, 0.6) is 0 Å². The fraction of sp³-hybridized carbons (Fsp3) is 0.667. The fourth-order valence-electron chi connectivity index (χ4n) is 0.685. The number of amidine groups is 1. The van der Waals surface area contributed by atoms with E-state index >= 15 is 0 Å². The van der Waals surface area contributed by atoms with E-state index in [4.69, 9.17) is 10.9 Å². The van der Waals surface area contributed by atoms with E-state index in [9.17, 15) is 4.79 Å². The summed E-state index contributed by atoms with van der Waals surface area (Å²) in [4.78, 5) is 10.8. The summed E-state index contributed by atoms with van der Waals surface area (Å²) in [6.45, 7) is 1.82. The minimum Gasteiger partial charge on any atom is -0.409 e. The molecule has 2 amide bonds. The van der Waals surface area contributed by atoms with Crippen molar-refractivity contribution in [2.75, 3.05) is 7.05 Å². The molecule has 0 fully saturated rings. The minimum absolute atomic E-state index is 0.00102. The first-order chi connectivity index (χ1) is 5.65. The summed E-state index contributed by atoms with van der Waals surface area (Å²) in [5, 5.41) is 16.0. The van der Waals surface area contributed by atoms with Crippen molar-refractivity contribution >= 4 is 11.9 Å². The molecule has 70 valence electrons. The Labute approximate surface area is 70.8 Å². The molecule has 0 aromatic heterocycles. The maximum atomic E-state index is 10.8. The molecule has 6 nitrogen and oxygen atoms in total. The van der Waals surface area contributed by atoms with Gasteiger partial charge in [-0.1, -0.05) is 12.1 Å². The van der Waals surface area contributed by atoms with Crippen molar-refractivity contribution in [3.63, 3.8) is 0 Å². The first kappa shape index (κ1) is 10.5. The lowest BCUT2D eigenvalue weighted by molar-refractivity contribution is 0.241. The van der Waals surface area contributed by atoms with Crippen LogP contribution in [0.3, 0.4) is 0 Å². The third-order valence-electron chi connectivity index (χ3n) is 1.41. The molecule has 0 radical (unpaired) electrons. The zero-order valence-corrected chi connectivity index (χ0v) is 7.16. The summed E-state index contributed by atoms with van der Waals surface area (Å²) in [6.07, 6.45) is 0.573. The molecule has 0 saturated heterocycles. The number of rotatable bonds is 3. The molecular formula is C6H14N4O2. The van der Waals surface area contributed by atoms with Crippen molar-refractivity contribution < 1.29 is 10.0 Å². The summed E-state index contributed by atoms with van der Waals surface area (Å²) in [5.74, 6) is 0.00102. The average Bonchev–Trinajstić information content (AvgIpc) is 2.12. The fourth-order valence-corrected chi connectivity index (χ4v) is 0.685. The third kappa shape index (κ3) is 3.09. The summed E-state index contributed by atoms with van der Waals surface area (Å²) < 4.78 is 0. The van der Waals surface area contributed by atoms with Crippen molar-refractivity contribution in [2.45, 2.75) is 19.4 Å². The number of oxime groups is 1. The number of hydrogen-bond donors (Lipinski definition) is 4. The quantitative estimate of drug-likeness (QED) is 0.200. The standard InChI is InChI=1S/C6H14N4O2/c1-3-4(5(7)10-12)9-6(11)8-2/h4,12H,3H2,1-2H3,(H2,7,10)(H2,8,9,11). The molecule has 0 aromatic carbocycles. The summed E-state index contributed by atoms with van der Waals surface area (Å²) in [7, 11) is 1.49. The van der Waals surface area contributed by atoms with Crippen molar-refractivity contribution in [1.82, 2.24) is 10.6 Å². The highest BCUT2D eigenvalue weighted by Crippen LogP contribution is 1.90. The molecule has 12 heavy (non-hydrogen) atoms. The zero-order chi connectivity index (χ0) is 9.56. The minimum atomic E-state index is -0.421. The number of amides is 2. The van der Waals surface area contributed by atoms with Crippen molar-refractivity contribution in [3.8, 4) is 0 Å². The number of nitrogens with two attached hydrogens (primary N) is 1. The van der Waals surface area contributed by atoms with E-state index in [1.807, 2.05) is 6.92 Å². The molecule has 0 aromatic rings. The SMILES string of the molecule is CCC(NC(=O)NC)C(N)=NO. The van der Waals surface area contributed by atoms with Gasteiger partial charge in [0.15, 0.2) is 5.84 Å². The molecule has 0 aliphatic rings. The summed E-state index contributed by atoms with van der Waals surface area (Å²) in [6, 6.07) is -0.775. The number of urea groups is 1. The van der Waals surface area contributed by atoms with E-state index < -0.39 is 6.04 Å². The predicted molar refractivity (Wildman–Crippen MR) is 45.1 cm³/mol. The Balaban J connectivity index is 4.09. The predicted octanol–water partition coefficient (Wildman–Crippen LogP) is -0.560. The molecule has 1 atom stereocenters. The number of carbonyl (C=O) groups excluding carboxylic acids is 1. The van der Waals surface area contributed by atoms with Crippen molar-refractivity contribution in [1.29, 1.82) is 0 Å². The lowest BCUT2D eigenvalue weighted by Crippen LogP contribution is -2.47. The summed E-state index contributed by atoms with van der Waals surface area (Å²) >= 11 is 0. The molecule has 0 spiro atoms. The zero-order valence-electron chi connectivity index (χ0n) is 7.16. The van der Waals surface area contributed by atoms with E-state index in [1.165, 1.54) is 7.05 Å². The van der Waals surface area contributed by atoms with Crippen molar-refractivity contribution in [3.05, 3.63) is 0 Å². The Bertz CT molecular complexity index is 180. The molecule has 5 N–H and O–H groups in total. The molecular weight excluding hydrogens is 160 g/mol. The molecule has 0 rings (SSSR count). The number of nitrogens with zero attached hydrogens (tertiary/aromatic N) is 1. The van der Waals surface area contributed by atoms with Gasteiger partial charge in [-0.05, 0) is 6.42 Å². The summed E-state index contributed by atoms with van der Waals surface area (Å²) in [5.41, 5.74) is 5.29. The molecule has 0 saturated carbocycles. The molecule has 0 aliphatic carbocycles. The molecule has 1 unspecified atom stereocenters. The second-order valence-corrected chi connectivity index (χ2v) is 2.21. The van der Waals surface area contributed by atoms with Crippen LogP contribution in [0.15, 0.2) is 5.16 Å². The van der Waals surface area contributed by atoms with Crippen LogP contribution in [0.1, 0.15) is 13.3 Å². The third-order valence-corrected chi connectivity index (χ3v) is 1.41. The Hall–Kier alpha value is -1.46. The second-order valence-electron chi connectivity index (χ2n) is 2.21. The normalized spacial score (nSPS) is 13.7. The van der Waals surface area contributed by atoms with Crippen LogP contribution in [-0.4, -0.2) is 30.2 Å². The smallest absolute Gasteiger partial charge is 0.315 e. The number of hydrogen-bond acceptors (Lipinski definition) is 3. The van der Waals surface area contributed by atoms with Crippen LogP contribution < -0.4 is 16.4 Å². The first-order valence-electron chi connectivity index (χ1n) is 3.61. The highest BCUT2D eigenvalue weighted by atomic mass is 16.4. The maximum Gasteiger partial charge on any atom is 0.315 e. The van der Waals surface area contributed by atoms with Crippen LogP contribution in [0.25, 0.3) is 0 Å². The Kier molecular flexibility index (Phi) is 4.59. The molecule has 0 aliphatic heterocycles. The van der Waals surface area contributed by atoms with Gasteiger partial charge in [-0.3, -0.25) is 0 Å². The van der Waals surface area contributed by atoms with Gasteiger partial charge in [-0.25, -0.2) is 4.79 Å². The highest BCUT2D eigenvalue weighted by molar-refractivity contribution is 5.89. The van der Waals surface area contributed by atoms with Gasteiger partial charge in [0, 0.05) is 7.05 Å². The Morgan fingerprint density at radius 3 is 2.67 bits per heavy atom. The van der Waals surface area contributed by atoms with Gasteiger partial charge in [-0.2, -0.15) is 0 Å². The van der Waals surface area contributed by atoms with Crippen molar-refractivity contribution in [2.24, 2.45) is 10.9 Å². The van der Waals surface area contributed by atoms with Gasteiger partial charge >= 0.3 is 6.03 Å². The second kappa shape index (κ2) is 5.22. The lowest BCUT2D eigenvalue weighted by atomic mass is 10.2. The maximum absolute atomic E-state index is 10.8. The van der Waals surface area contributed by atoms with Gasteiger partial charge in [0.2, 0.25) is 0 Å². The van der Waals surface area contributed by atoms with E-state index in [2.05, 4.69) is 15.8 Å². The molecule has 6 heteroatoms. The van der Waals surface area contributed by atoms with Gasteiger partial charge in [0.05, 0.1) is 6.04 Å². The molecule has 0 bridgehead atoms.